The van der Waals surface area contributed by atoms with Gasteiger partial charge in [0.1, 0.15) is 0 Å². The fraction of sp³-hybridized carbons (Fsp3) is 1.00. The van der Waals surface area contributed by atoms with E-state index in [1.54, 1.807) is 7.11 Å². The van der Waals surface area contributed by atoms with Gasteiger partial charge in [0.15, 0.2) is 0 Å². The number of rotatable bonds is 7. The zero-order chi connectivity index (χ0) is 10.9. The highest BCUT2D eigenvalue weighted by Gasteiger charge is 2.15. The molecule has 0 amide bonds. The average molecular weight is 218 g/mol. The van der Waals surface area contributed by atoms with Gasteiger partial charge in [-0.25, -0.2) is 0 Å². The Balaban J connectivity index is 1.87. The van der Waals surface area contributed by atoms with Crippen LogP contribution in [-0.2, 0) is 14.3 Å². The van der Waals surface area contributed by atoms with Crippen molar-refractivity contribution >= 4 is 0 Å². The summed E-state index contributed by atoms with van der Waals surface area (Å²) in [5.41, 5.74) is 5.79. The van der Waals surface area contributed by atoms with Crippen molar-refractivity contribution in [2.24, 2.45) is 5.73 Å². The molecule has 0 aromatic carbocycles. The van der Waals surface area contributed by atoms with E-state index >= 15 is 0 Å². The van der Waals surface area contributed by atoms with Crippen molar-refractivity contribution in [3.05, 3.63) is 0 Å². The van der Waals surface area contributed by atoms with Crippen LogP contribution in [-0.4, -0.2) is 57.7 Å². The van der Waals surface area contributed by atoms with Crippen LogP contribution < -0.4 is 5.73 Å². The number of nitrogens with zero attached hydrogens (tertiary/aromatic N) is 1. The van der Waals surface area contributed by atoms with Crippen molar-refractivity contribution in [2.75, 3.05) is 46.6 Å². The average Bonchev–Trinajstić information content (AvgIpc) is 2.26. The van der Waals surface area contributed by atoms with Gasteiger partial charge in [-0.1, -0.05) is 0 Å². The fourth-order valence-electron chi connectivity index (χ4n) is 1.47. The minimum Gasteiger partial charge on any atom is -0.382 e. The molecular formula is C10H22N2O3. The second-order valence-corrected chi connectivity index (χ2v) is 3.70. The molecule has 5 nitrogen and oxygen atoms in total. The standard InChI is InChI=1S/C10H22N2O3/c1-13-6-7-14-8-9-15-12-4-2-10(11)3-5-12/h10H,2-9,11H2,1H3. The van der Waals surface area contributed by atoms with Crippen LogP contribution >= 0.6 is 0 Å². The Morgan fingerprint density at radius 3 is 2.47 bits per heavy atom. The monoisotopic (exact) mass is 218 g/mol. The summed E-state index contributed by atoms with van der Waals surface area (Å²) in [4.78, 5) is 5.52. The Bertz CT molecular complexity index is 150. The van der Waals surface area contributed by atoms with E-state index in [2.05, 4.69) is 0 Å². The number of piperidine rings is 1. The predicted octanol–water partition coefficient (Wildman–Crippen LogP) is 0.00410. The van der Waals surface area contributed by atoms with Crippen LogP contribution in [0.15, 0.2) is 0 Å². The summed E-state index contributed by atoms with van der Waals surface area (Å²) >= 11 is 0. The van der Waals surface area contributed by atoms with E-state index in [-0.39, 0.29) is 0 Å². The van der Waals surface area contributed by atoms with Gasteiger partial charge in [-0.05, 0) is 12.8 Å². The summed E-state index contributed by atoms with van der Waals surface area (Å²) in [6.45, 7) is 4.35. The summed E-state index contributed by atoms with van der Waals surface area (Å²) in [5.74, 6) is 0. The van der Waals surface area contributed by atoms with Crippen LogP contribution in [0.25, 0.3) is 0 Å². The second kappa shape index (κ2) is 8.01. The van der Waals surface area contributed by atoms with Crippen LogP contribution in [0.4, 0.5) is 0 Å². The third-order valence-electron chi connectivity index (χ3n) is 2.43. The van der Waals surface area contributed by atoms with Gasteiger partial charge in [-0.2, -0.15) is 5.06 Å². The van der Waals surface area contributed by atoms with Gasteiger partial charge in [0.2, 0.25) is 0 Å². The summed E-state index contributed by atoms with van der Waals surface area (Å²) in [5, 5.41) is 1.98. The van der Waals surface area contributed by atoms with Crippen molar-refractivity contribution in [1.29, 1.82) is 0 Å². The maximum absolute atomic E-state index is 5.79. The van der Waals surface area contributed by atoms with Gasteiger partial charge in [-0.15, -0.1) is 0 Å². The largest absolute Gasteiger partial charge is 0.382 e. The summed E-state index contributed by atoms with van der Waals surface area (Å²) in [6, 6.07) is 0.350. The van der Waals surface area contributed by atoms with E-state index in [1.165, 1.54) is 0 Å². The predicted molar refractivity (Wildman–Crippen MR) is 57.4 cm³/mol. The molecule has 0 aromatic heterocycles. The SMILES string of the molecule is COCCOCCON1CCC(N)CC1. The molecule has 0 aromatic rings. The molecule has 0 aliphatic carbocycles. The molecule has 0 saturated carbocycles. The quantitative estimate of drug-likeness (QED) is 0.610. The van der Waals surface area contributed by atoms with E-state index in [4.69, 9.17) is 20.0 Å². The molecule has 1 aliphatic rings. The number of nitrogens with two attached hydrogens (primary N) is 1. The van der Waals surface area contributed by atoms with Crippen molar-refractivity contribution < 1.29 is 14.3 Å². The molecule has 1 heterocycles. The Morgan fingerprint density at radius 1 is 1.13 bits per heavy atom. The summed E-state index contributed by atoms with van der Waals surface area (Å²) < 4.78 is 10.1. The number of methoxy groups -OCH3 is 1. The van der Waals surface area contributed by atoms with Gasteiger partial charge >= 0.3 is 0 Å². The molecule has 0 spiro atoms. The number of hydrogen-bond donors (Lipinski definition) is 1. The molecular weight excluding hydrogens is 196 g/mol. The molecule has 1 saturated heterocycles. The number of hydroxylamine groups is 2. The van der Waals surface area contributed by atoms with Crippen LogP contribution in [0.5, 0.6) is 0 Å². The minimum absolute atomic E-state index is 0.350. The summed E-state index contributed by atoms with van der Waals surface area (Å²) in [7, 11) is 1.66. The van der Waals surface area contributed by atoms with E-state index in [9.17, 15) is 0 Å². The molecule has 0 radical (unpaired) electrons. The number of hydrogen-bond acceptors (Lipinski definition) is 5. The molecule has 15 heavy (non-hydrogen) atoms. The Kier molecular flexibility index (Phi) is 6.87. The lowest BCUT2D eigenvalue weighted by atomic mass is 10.1. The first-order valence-electron chi connectivity index (χ1n) is 5.53. The first-order chi connectivity index (χ1) is 7.33. The molecule has 0 atom stereocenters. The molecule has 90 valence electrons. The first kappa shape index (κ1) is 12.9. The molecule has 5 heteroatoms. The van der Waals surface area contributed by atoms with Crippen molar-refractivity contribution in [1.82, 2.24) is 5.06 Å². The normalized spacial score (nSPS) is 19.6. The van der Waals surface area contributed by atoms with Crippen LogP contribution in [0, 0.1) is 0 Å². The molecule has 0 unspecified atom stereocenters. The Hall–Kier alpha value is -0.200. The smallest absolute Gasteiger partial charge is 0.0918 e. The number of ether oxygens (including phenoxy) is 2. The highest BCUT2D eigenvalue weighted by Crippen LogP contribution is 2.07. The maximum atomic E-state index is 5.79. The van der Waals surface area contributed by atoms with E-state index < -0.39 is 0 Å². The Morgan fingerprint density at radius 2 is 1.80 bits per heavy atom. The lowest BCUT2D eigenvalue weighted by Crippen LogP contribution is -2.40. The highest BCUT2D eigenvalue weighted by molar-refractivity contribution is 4.69. The van der Waals surface area contributed by atoms with Crippen molar-refractivity contribution in [2.45, 2.75) is 18.9 Å². The maximum Gasteiger partial charge on any atom is 0.0918 e. The van der Waals surface area contributed by atoms with Crippen molar-refractivity contribution in [3.8, 4) is 0 Å². The zero-order valence-corrected chi connectivity index (χ0v) is 9.48. The van der Waals surface area contributed by atoms with Crippen LogP contribution in [0.2, 0.25) is 0 Å². The third kappa shape index (κ3) is 6.06. The van der Waals surface area contributed by atoms with Crippen molar-refractivity contribution in [3.63, 3.8) is 0 Å². The van der Waals surface area contributed by atoms with Crippen LogP contribution in [0.3, 0.4) is 0 Å². The first-order valence-corrected chi connectivity index (χ1v) is 5.53. The van der Waals surface area contributed by atoms with Gasteiger partial charge in [-0.3, -0.25) is 4.84 Å². The van der Waals surface area contributed by atoms with E-state index in [1.807, 2.05) is 5.06 Å². The molecule has 1 fully saturated rings. The lowest BCUT2D eigenvalue weighted by Gasteiger charge is -2.29. The van der Waals surface area contributed by atoms with Gasteiger partial charge in [0.25, 0.3) is 0 Å². The Labute approximate surface area is 91.4 Å². The fourth-order valence-corrected chi connectivity index (χ4v) is 1.47. The van der Waals surface area contributed by atoms with Gasteiger partial charge < -0.3 is 15.2 Å². The minimum atomic E-state index is 0.350. The molecule has 2 N–H and O–H groups in total. The summed E-state index contributed by atoms with van der Waals surface area (Å²) in [6.07, 6.45) is 2.04. The molecule has 0 bridgehead atoms. The topological polar surface area (TPSA) is 57.0 Å². The molecule has 1 aliphatic heterocycles. The molecule has 1 rings (SSSR count). The van der Waals surface area contributed by atoms with E-state index in [0.717, 1.165) is 25.9 Å². The van der Waals surface area contributed by atoms with Gasteiger partial charge in [0.05, 0.1) is 26.4 Å². The highest BCUT2D eigenvalue weighted by atomic mass is 16.7. The lowest BCUT2D eigenvalue weighted by molar-refractivity contribution is -0.180. The third-order valence-corrected chi connectivity index (χ3v) is 2.43. The van der Waals surface area contributed by atoms with E-state index in [0.29, 0.717) is 32.5 Å². The van der Waals surface area contributed by atoms with Gasteiger partial charge in [0, 0.05) is 26.2 Å². The van der Waals surface area contributed by atoms with Crippen LogP contribution in [0.1, 0.15) is 12.8 Å². The zero-order valence-electron chi connectivity index (χ0n) is 9.48. The second-order valence-electron chi connectivity index (χ2n) is 3.70.